The SMILES string of the molecule is CCc1cc(OCc2ccccc2)c(F)cc1-c1ccc2c(-c3nc4c(n3COCC[Si](C)(C)C)CN(C(=O)N3CCC(O)CC3)C4)nn(COCC[Si](C)(C)C)c2c1. The van der Waals surface area contributed by atoms with Gasteiger partial charge in [-0.1, -0.05) is 82.6 Å². The van der Waals surface area contributed by atoms with E-state index in [9.17, 15) is 9.90 Å². The van der Waals surface area contributed by atoms with E-state index in [0.717, 1.165) is 56.6 Å². The number of ether oxygens (including phenoxy) is 3. The van der Waals surface area contributed by atoms with Crippen LogP contribution in [0.15, 0.2) is 60.7 Å². The fourth-order valence-electron chi connectivity index (χ4n) is 7.64. The van der Waals surface area contributed by atoms with E-state index >= 15 is 4.39 Å². The number of aliphatic hydroxyl groups excluding tert-OH is 1. The van der Waals surface area contributed by atoms with Gasteiger partial charge in [-0.2, -0.15) is 5.10 Å². The zero-order valence-electron chi connectivity index (χ0n) is 35.9. The largest absolute Gasteiger partial charge is 0.486 e. The van der Waals surface area contributed by atoms with E-state index < -0.39 is 22.0 Å². The van der Waals surface area contributed by atoms with Crippen LogP contribution in [0.4, 0.5) is 9.18 Å². The quantitative estimate of drug-likeness (QED) is 0.0780. The Labute approximate surface area is 350 Å². The summed E-state index contributed by atoms with van der Waals surface area (Å²) in [5.41, 5.74) is 6.98. The molecule has 0 atom stereocenters. The fourth-order valence-corrected chi connectivity index (χ4v) is 9.15. The Bertz CT molecular complexity index is 2240. The number of likely N-dealkylation sites (tertiary alicyclic amines) is 1. The summed E-state index contributed by atoms with van der Waals surface area (Å²) in [5.74, 6) is 0.517. The molecule has 2 amide bonds. The number of hydrogen-bond acceptors (Lipinski definition) is 7. The molecule has 4 heterocycles. The lowest BCUT2D eigenvalue weighted by atomic mass is 9.96. The number of benzene rings is 3. The molecule has 0 unspecified atom stereocenters. The number of carbonyl (C=O) groups is 1. The van der Waals surface area contributed by atoms with Crippen molar-refractivity contribution in [1.82, 2.24) is 29.1 Å². The first-order chi connectivity index (χ1) is 28.2. The van der Waals surface area contributed by atoms with Crippen molar-refractivity contribution < 1.29 is 28.5 Å². The van der Waals surface area contributed by atoms with Crippen LogP contribution in [0.5, 0.6) is 5.75 Å². The van der Waals surface area contributed by atoms with Crippen molar-refractivity contribution in [2.45, 2.75) is 117 Å². The van der Waals surface area contributed by atoms with Gasteiger partial charge in [-0.3, -0.25) is 0 Å². The Balaban J connectivity index is 1.24. The molecular formula is C45H61FN6O5Si2. The number of piperidine rings is 1. The van der Waals surface area contributed by atoms with Crippen molar-refractivity contribution in [3.63, 3.8) is 0 Å². The molecule has 11 nitrogen and oxygen atoms in total. The second-order valence-corrected chi connectivity index (χ2v) is 29.7. The Morgan fingerprint density at radius 3 is 2.25 bits per heavy atom. The zero-order chi connectivity index (χ0) is 41.9. The topological polar surface area (TPSA) is 107 Å². The van der Waals surface area contributed by atoms with Gasteiger partial charge < -0.3 is 33.7 Å². The van der Waals surface area contributed by atoms with Gasteiger partial charge in [0.25, 0.3) is 0 Å². The van der Waals surface area contributed by atoms with Crippen LogP contribution >= 0.6 is 0 Å². The number of imidazole rings is 1. The highest BCUT2D eigenvalue weighted by Gasteiger charge is 2.35. The molecule has 316 valence electrons. The Morgan fingerprint density at radius 1 is 0.881 bits per heavy atom. The summed E-state index contributed by atoms with van der Waals surface area (Å²) < 4.78 is 38.4. The van der Waals surface area contributed by atoms with Crippen molar-refractivity contribution >= 4 is 33.1 Å². The molecule has 2 aliphatic heterocycles. The number of aromatic nitrogens is 4. The summed E-state index contributed by atoms with van der Waals surface area (Å²) >= 11 is 0. The minimum absolute atomic E-state index is 0.0287. The molecule has 3 aromatic carbocycles. The van der Waals surface area contributed by atoms with Crippen LogP contribution in [0.2, 0.25) is 51.4 Å². The Kier molecular flexibility index (Phi) is 13.1. The smallest absolute Gasteiger partial charge is 0.320 e. The van der Waals surface area contributed by atoms with Crippen molar-refractivity contribution in [3.05, 3.63) is 89.0 Å². The molecule has 1 saturated heterocycles. The maximum Gasteiger partial charge on any atom is 0.320 e. The molecule has 2 aromatic heterocycles. The van der Waals surface area contributed by atoms with Crippen molar-refractivity contribution in [2.75, 3.05) is 26.3 Å². The van der Waals surface area contributed by atoms with Crippen LogP contribution in [0, 0.1) is 5.82 Å². The second-order valence-electron chi connectivity index (χ2n) is 18.5. The molecule has 5 aromatic rings. The molecule has 0 spiro atoms. The molecular weight excluding hydrogens is 780 g/mol. The van der Waals surface area contributed by atoms with Crippen LogP contribution in [-0.2, 0) is 49.1 Å². The average molecular weight is 841 g/mol. The first-order valence-corrected chi connectivity index (χ1v) is 28.5. The highest BCUT2D eigenvalue weighted by Crippen LogP contribution is 2.37. The standard InChI is InChI=1S/C45H61FN6O5Si2/c1-8-33-25-42(57-29-32-12-10-9-11-13-32)38(46)26-37(33)34-14-15-36-40(24-34)52(31-56-21-23-59(5,6)7)48-43(36)44-47-39-27-50(45(54)49-18-16-35(53)17-19-49)28-41(39)51(44)30-55-20-22-58(2,3)4/h9-15,24-26,35,53H,8,16-23,27-31H2,1-7H3. The van der Waals surface area contributed by atoms with E-state index in [2.05, 4.69) is 62.9 Å². The lowest BCUT2D eigenvalue weighted by molar-refractivity contribution is 0.0774. The number of aliphatic hydroxyl groups is 1. The normalized spacial score (nSPS) is 15.1. The van der Waals surface area contributed by atoms with E-state index in [1.165, 1.54) is 0 Å². The third-order valence-electron chi connectivity index (χ3n) is 11.3. The number of halogens is 1. The number of amides is 2. The van der Waals surface area contributed by atoms with Gasteiger partial charge in [-0.05, 0) is 77.9 Å². The van der Waals surface area contributed by atoms with Gasteiger partial charge in [0.05, 0.1) is 36.1 Å². The lowest BCUT2D eigenvalue weighted by Gasteiger charge is -2.32. The fraction of sp³-hybridized carbons (Fsp3) is 0.489. The van der Waals surface area contributed by atoms with Gasteiger partial charge in [-0.15, -0.1) is 0 Å². The van der Waals surface area contributed by atoms with Gasteiger partial charge in [-0.25, -0.2) is 18.9 Å². The summed E-state index contributed by atoms with van der Waals surface area (Å²) in [4.78, 5) is 22.5. The van der Waals surface area contributed by atoms with Gasteiger partial charge in [0.15, 0.2) is 17.4 Å². The van der Waals surface area contributed by atoms with Crippen LogP contribution in [-0.4, -0.2) is 88.8 Å². The van der Waals surface area contributed by atoms with E-state index in [1.807, 2.05) is 56.9 Å². The summed E-state index contributed by atoms with van der Waals surface area (Å²) in [7, 11) is -2.67. The highest BCUT2D eigenvalue weighted by atomic mass is 28.3. The van der Waals surface area contributed by atoms with E-state index in [0.29, 0.717) is 70.2 Å². The second kappa shape index (κ2) is 18.1. The minimum Gasteiger partial charge on any atom is -0.486 e. The predicted molar refractivity (Wildman–Crippen MR) is 236 cm³/mol. The highest BCUT2D eigenvalue weighted by molar-refractivity contribution is 6.76. The van der Waals surface area contributed by atoms with E-state index in [1.54, 1.807) is 6.07 Å². The van der Waals surface area contributed by atoms with E-state index in [-0.39, 0.29) is 38.0 Å². The summed E-state index contributed by atoms with van der Waals surface area (Å²) in [6.45, 7) is 20.1. The van der Waals surface area contributed by atoms with Crippen molar-refractivity contribution in [1.29, 1.82) is 0 Å². The minimum atomic E-state index is -1.34. The summed E-state index contributed by atoms with van der Waals surface area (Å²) in [6, 6.07) is 21.4. The molecule has 1 N–H and O–H groups in total. The molecule has 0 aliphatic carbocycles. The lowest BCUT2D eigenvalue weighted by Crippen LogP contribution is -2.45. The Hall–Kier alpha value is -4.35. The maximum absolute atomic E-state index is 15.8. The maximum atomic E-state index is 15.8. The first kappa shape index (κ1) is 42.8. The van der Waals surface area contributed by atoms with Crippen LogP contribution in [0.1, 0.15) is 42.3 Å². The molecule has 7 rings (SSSR count). The molecule has 2 aliphatic rings. The number of rotatable bonds is 16. The van der Waals surface area contributed by atoms with Crippen molar-refractivity contribution in [2.24, 2.45) is 0 Å². The Morgan fingerprint density at radius 2 is 1.58 bits per heavy atom. The van der Waals surface area contributed by atoms with Crippen LogP contribution < -0.4 is 4.74 Å². The van der Waals surface area contributed by atoms with E-state index in [4.69, 9.17) is 24.3 Å². The molecule has 59 heavy (non-hydrogen) atoms. The number of urea groups is 1. The number of nitrogens with zero attached hydrogens (tertiary/aromatic N) is 6. The molecule has 0 radical (unpaired) electrons. The van der Waals surface area contributed by atoms with Crippen LogP contribution in [0.3, 0.4) is 0 Å². The molecule has 0 bridgehead atoms. The third kappa shape index (κ3) is 10.3. The number of hydrogen-bond donors (Lipinski definition) is 1. The monoisotopic (exact) mass is 840 g/mol. The van der Waals surface area contributed by atoms with Gasteiger partial charge in [0.2, 0.25) is 0 Å². The molecule has 0 saturated carbocycles. The van der Waals surface area contributed by atoms with Gasteiger partial charge in [0, 0.05) is 47.8 Å². The van der Waals surface area contributed by atoms with Gasteiger partial charge >= 0.3 is 6.03 Å². The number of aryl methyl sites for hydroxylation is 1. The summed E-state index contributed by atoms with van der Waals surface area (Å²) in [6.07, 6.45) is 1.52. The molecule has 14 heteroatoms. The molecule has 1 fully saturated rings. The predicted octanol–water partition coefficient (Wildman–Crippen LogP) is 9.36. The number of fused-ring (bicyclic) bond motifs is 2. The third-order valence-corrected chi connectivity index (χ3v) is 14.7. The zero-order valence-corrected chi connectivity index (χ0v) is 37.9. The average Bonchev–Trinajstić information content (AvgIpc) is 3.88. The number of carbonyl (C=O) groups excluding carboxylic acids is 1. The summed E-state index contributed by atoms with van der Waals surface area (Å²) in [5, 5.41) is 16.1. The first-order valence-electron chi connectivity index (χ1n) is 21.1. The van der Waals surface area contributed by atoms with Crippen LogP contribution in [0.25, 0.3) is 33.5 Å². The van der Waals surface area contributed by atoms with Crippen molar-refractivity contribution in [3.8, 4) is 28.4 Å². The van der Waals surface area contributed by atoms with Gasteiger partial charge in [0.1, 0.15) is 25.8 Å².